The lowest BCUT2D eigenvalue weighted by Gasteiger charge is -2.32. The van der Waals surface area contributed by atoms with Crippen molar-refractivity contribution in [3.63, 3.8) is 0 Å². The van der Waals surface area contributed by atoms with Crippen LogP contribution in [0.25, 0.3) is 27.4 Å². The van der Waals surface area contributed by atoms with Crippen LogP contribution in [0.1, 0.15) is 11.9 Å². The number of aliphatic hydroxyl groups excluding tert-OH is 1. The number of aliphatic hydroxyl groups is 1. The molecule has 180 valence electrons. The number of ether oxygens (including phenoxy) is 1. The van der Waals surface area contributed by atoms with Crippen LogP contribution in [0.3, 0.4) is 0 Å². The number of carbonyl (C=O) groups is 1. The predicted octanol–water partition coefficient (Wildman–Crippen LogP) is 1.10. The summed E-state index contributed by atoms with van der Waals surface area (Å²) < 4.78 is 7.24. The van der Waals surface area contributed by atoms with Gasteiger partial charge in [0.05, 0.1) is 29.7 Å². The number of amides is 1. The van der Waals surface area contributed by atoms with Crippen molar-refractivity contribution >= 4 is 39.2 Å². The van der Waals surface area contributed by atoms with Crippen LogP contribution in [0.4, 0.5) is 11.6 Å². The number of nitrogens with zero attached hydrogens (tertiary/aromatic N) is 6. The van der Waals surface area contributed by atoms with Crippen molar-refractivity contribution in [2.24, 2.45) is 0 Å². The van der Waals surface area contributed by atoms with Gasteiger partial charge in [0, 0.05) is 36.2 Å². The molecule has 0 unspecified atom stereocenters. The molecule has 0 spiro atoms. The largest absolute Gasteiger partial charge is 0.383 e. The van der Waals surface area contributed by atoms with Crippen LogP contribution in [0.15, 0.2) is 66.0 Å². The first-order valence-electron chi connectivity index (χ1n) is 11.1. The monoisotopic (exact) mass is 484 g/mol. The third kappa shape index (κ3) is 3.65. The number of hydrogen-bond donors (Lipinski definition) is 3. The topological polar surface area (TPSA) is 165 Å². The molecule has 0 bridgehead atoms. The summed E-state index contributed by atoms with van der Waals surface area (Å²) in [6, 6.07) is 10.3. The molecule has 12 heteroatoms. The number of aromatic amines is 1. The molecule has 6 rings (SSSR count). The number of nitrogen functional groups attached to an aromatic ring is 1. The zero-order chi connectivity index (χ0) is 24.8. The van der Waals surface area contributed by atoms with E-state index in [2.05, 4.69) is 25.0 Å². The van der Waals surface area contributed by atoms with Gasteiger partial charge in [0.15, 0.2) is 11.9 Å². The lowest BCUT2D eigenvalue weighted by Crippen LogP contribution is -2.50. The molecule has 1 aliphatic heterocycles. The fourth-order valence-electron chi connectivity index (χ4n) is 4.29. The smallest absolute Gasteiger partial charge is 0.260 e. The first kappa shape index (κ1) is 21.8. The molecule has 5 heterocycles. The first-order valence-corrected chi connectivity index (χ1v) is 11.1. The predicted molar refractivity (Wildman–Crippen MR) is 130 cm³/mol. The number of pyridine rings is 2. The number of anilines is 2. The molecule has 1 amide bonds. The summed E-state index contributed by atoms with van der Waals surface area (Å²) in [6.45, 7) is 0.433. The highest BCUT2D eigenvalue weighted by atomic mass is 16.5. The Kier molecular flexibility index (Phi) is 5.16. The van der Waals surface area contributed by atoms with Crippen molar-refractivity contribution < 1.29 is 14.6 Å². The zero-order valence-corrected chi connectivity index (χ0v) is 18.8. The number of nitrogens with one attached hydrogen (secondary N) is 1. The number of carbonyl (C=O) groups excluding carboxylic acids is 1. The van der Waals surface area contributed by atoms with Crippen LogP contribution < -0.4 is 16.2 Å². The summed E-state index contributed by atoms with van der Waals surface area (Å²) in [5, 5.41) is 17.2. The summed E-state index contributed by atoms with van der Waals surface area (Å²) in [4.78, 5) is 42.6. The Morgan fingerprint density at radius 2 is 1.94 bits per heavy atom. The van der Waals surface area contributed by atoms with E-state index < -0.39 is 23.7 Å². The highest BCUT2D eigenvalue weighted by Crippen LogP contribution is 2.27. The Balaban J connectivity index is 1.31. The molecule has 4 aromatic heterocycles. The molecule has 1 fully saturated rings. The van der Waals surface area contributed by atoms with E-state index in [1.807, 2.05) is 0 Å². The molecule has 1 saturated heterocycles. The van der Waals surface area contributed by atoms with Crippen molar-refractivity contribution in [2.75, 3.05) is 23.8 Å². The van der Waals surface area contributed by atoms with Crippen molar-refractivity contribution in [1.29, 1.82) is 0 Å². The average Bonchev–Trinajstić information content (AvgIpc) is 3.38. The maximum atomic E-state index is 13.3. The van der Waals surface area contributed by atoms with Crippen molar-refractivity contribution in [1.82, 2.24) is 29.7 Å². The lowest BCUT2D eigenvalue weighted by molar-refractivity contribution is -0.143. The molecule has 0 saturated carbocycles. The molecule has 0 radical (unpaired) electrons. The second-order valence-electron chi connectivity index (χ2n) is 8.29. The molecule has 1 aliphatic rings. The maximum absolute atomic E-state index is 13.3. The first-order chi connectivity index (χ1) is 17.5. The van der Waals surface area contributed by atoms with E-state index in [1.165, 1.54) is 4.90 Å². The van der Waals surface area contributed by atoms with Crippen LogP contribution in [-0.2, 0) is 9.53 Å². The van der Waals surface area contributed by atoms with Gasteiger partial charge >= 0.3 is 0 Å². The average molecular weight is 484 g/mol. The van der Waals surface area contributed by atoms with E-state index in [4.69, 9.17) is 10.5 Å². The van der Waals surface area contributed by atoms with Crippen LogP contribution in [-0.4, -0.2) is 60.0 Å². The van der Waals surface area contributed by atoms with Gasteiger partial charge in [-0.3, -0.25) is 19.5 Å². The maximum Gasteiger partial charge on any atom is 0.260 e. The molecule has 36 heavy (non-hydrogen) atoms. The number of fused-ring (bicyclic) bond motifs is 2. The van der Waals surface area contributed by atoms with Gasteiger partial charge in [-0.1, -0.05) is 0 Å². The van der Waals surface area contributed by atoms with Gasteiger partial charge in [-0.15, -0.1) is 5.10 Å². The summed E-state index contributed by atoms with van der Waals surface area (Å²) in [6.07, 6.45) is 3.81. The van der Waals surface area contributed by atoms with Crippen LogP contribution >= 0.6 is 0 Å². The zero-order valence-electron chi connectivity index (χ0n) is 18.8. The van der Waals surface area contributed by atoms with Crippen LogP contribution in [0.2, 0.25) is 0 Å². The molecular weight excluding hydrogens is 464 g/mol. The summed E-state index contributed by atoms with van der Waals surface area (Å²) in [5.41, 5.74) is 6.59. The molecular formula is C24H20N8O4. The minimum atomic E-state index is -1.50. The number of rotatable bonds is 4. The Morgan fingerprint density at radius 1 is 1.11 bits per heavy atom. The molecule has 5 aromatic rings. The number of aromatic nitrogens is 6. The Bertz CT molecular complexity index is 1670. The molecule has 0 aliphatic carbocycles. The van der Waals surface area contributed by atoms with E-state index in [1.54, 1.807) is 65.9 Å². The van der Waals surface area contributed by atoms with E-state index in [9.17, 15) is 14.7 Å². The van der Waals surface area contributed by atoms with Gasteiger partial charge in [0.1, 0.15) is 17.7 Å². The number of H-pyrrole nitrogens is 1. The van der Waals surface area contributed by atoms with Crippen LogP contribution in [0.5, 0.6) is 0 Å². The third-order valence-corrected chi connectivity index (χ3v) is 6.11. The number of nitrogens with two attached hydrogens (primary N) is 1. The van der Waals surface area contributed by atoms with Crippen molar-refractivity contribution in [2.45, 2.75) is 12.2 Å². The number of benzene rings is 1. The second-order valence-corrected chi connectivity index (χ2v) is 8.29. The van der Waals surface area contributed by atoms with E-state index in [-0.39, 0.29) is 24.4 Å². The minimum absolute atomic E-state index is 0.0728. The standard InChI is InChI=1S/C24H20N8O4/c25-21-15-12-16-17(11-13(15)1-7-27-21)28-22(29-23(16)34)19(33)20-24(35)31(9-10-36-20)18-4-8-32(30-18)14-2-5-26-6-3-14/h1-8,11-12,19-20,33H,9-10H2,(H2,25,27)(H,28,29,34)/t19-,20-/m1/s1. The molecule has 2 atom stereocenters. The summed E-state index contributed by atoms with van der Waals surface area (Å²) in [5.74, 6) is 0.144. The second kappa shape index (κ2) is 8.52. The molecule has 12 nitrogen and oxygen atoms in total. The Morgan fingerprint density at radius 3 is 2.78 bits per heavy atom. The van der Waals surface area contributed by atoms with E-state index in [0.29, 0.717) is 22.5 Å². The highest BCUT2D eigenvalue weighted by molar-refractivity contribution is 6.00. The number of morpholine rings is 1. The van der Waals surface area contributed by atoms with E-state index >= 15 is 0 Å². The van der Waals surface area contributed by atoms with Crippen LogP contribution in [0, 0.1) is 0 Å². The Labute approximate surface area is 203 Å². The van der Waals surface area contributed by atoms with Gasteiger partial charge < -0.3 is 20.6 Å². The van der Waals surface area contributed by atoms with E-state index in [0.717, 1.165) is 11.1 Å². The van der Waals surface area contributed by atoms with Gasteiger partial charge in [-0.2, -0.15) is 0 Å². The lowest BCUT2D eigenvalue weighted by atomic mass is 10.1. The van der Waals surface area contributed by atoms with Gasteiger partial charge in [0.2, 0.25) is 0 Å². The highest BCUT2D eigenvalue weighted by Gasteiger charge is 2.38. The van der Waals surface area contributed by atoms with Crippen molar-refractivity contribution in [3.05, 3.63) is 77.4 Å². The summed E-state index contributed by atoms with van der Waals surface area (Å²) in [7, 11) is 0. The normalized spacial score (nSPS) is 17.1. The fraction of sp³-hybridized carbons (Fsp3) is 0.167. The fourth-order valence-corrected chi connectivity index (χ4v) is 4.29. The molecule has 1 aromatic carbocycles. The Hall–Kier alpha value is -4.68. The number of hydrogen-bond acceptors (Lipinski definition) is 9. The van der Waals surface area contributed by atoms with Gasteiger partial charge in [0.25, 0.3) is 11.5 Å². The minimum Gasteiger partial charge on any atom is -0.383 e. The quantitative estimate of drug-likeness (QED) is 0.317. The SMILES string of the molecule is Nc1nccc2cc3nc([C@H](O)[C@H]4OCCN(c5ccn(-c6ccncc6)n5)C4=O)[nH]c(=O)c3cc12. The van der Waals surface area contributed by atoms with Gasteiger partial charge in [-0.05, 0) is 35.7 Å². The van der Waals surface area contributed by atoms with Crippen molar-refractivity contribution in [3.8, 4) is 5.69 Å². The molecule has 4 N–H and O–H groups in total. The summed E-state index contributed by atoms with van der Waals surface area (Å²) >= 11 is 0. The third-order valence-electron chi connectivity index (χ3n) is 6.11. The van der Waals surface area contributed by atoms with Gasteiger partial charge in [-0.25, -0.2) is 14.6 Å².